The van der Waals surface area contributed by atoms with E-state index in [1.807, 2.05) is 30.3 Å². The molecule has 140 valence electrons. The SMILES string of the molecule is C=CC(=O)N(C)c1cc(NC(=C)/C=C(\C)O)cc(C(O)c2ccccc2)c1. The Labute approximate surface area is 159 Å². The predicted molar refractivity (Wildman–Crippen MR) is 110 cm³/mol. The molecule has 2 aromatic carbocycles. The largest absolute Gasteiger partial charge is 0.513 e. The number of hydrogen-bond acceptors (Lipinski definition) is 4. The fourth-order valence-corrected chi connectivity index (χ4v) is 2.62. The van der Waals surface area contributed by atoms with Crippen molar-refractivity contribution in [1.82, 2.24) is 0 Å². The van der Waals surface area contributed by atoms with Gasteiger partial charge in [-0.3, -0.25) is 4.79 Å². The third-order valence-corrected chi connectivity index (χ3v) is 3.95. The van der Waals surface area contributed by atoms with Crippen LogP contribution in [0, 0.1) is 0 Å². The number of nitrogens with zero attached hydrogens (tertiary/aromatic N) is 1. The van der Waals surface area contributed by atoms with Gasteiger partial charge >= 0.3 is 0 Å². The number of allylic oxidation sites excluding steroid dienone is 2. The Morgan fingerprint density at radius 1 is 1.19 bits per heavy atom. The highest BCUT2D eigenvalue weighted by molar-refractivity contribution is 6.01. The minimum Gasteiger partial charge on any atom is -0.513 e. The first kappa shape index (κ1) is 20.0. The normalized spacial score (nSPS) is 12.2. The maximum atomic E-state index is 12.0. The Balaban J connectivity index is 2.47. The number of benzene rings is 2. The Morgan fingerprint density at radius 2 is 1.85 bits per heavy atom. The lowest BCUT2D eigenvalue weighted by Crippen LogP contribution is -2.24. The quantitative estimate of drug-likeness (QED) is 0.389. The van der Waals surface area contributed by atoms with Gasteiger partial charge < -0.3 is 20.4 Å². The smallest absolute Gasteiger partial charge is 0.250 e. The van der Waals surface area contributed by atoms with E-state index < -0.39 is 6.10 Å². The number of rotatable bonds is 7. The van der Waals surface area contributed by atoms with Crippen molar-refractivity contribution in [3.05, 3.63) is 96.4 Å². The van der Waals surface area contributed by atoms with E-state index in [-0.39, 0.29) is 11.7 Å². The molecule has 5 nitrogen and oxygen atoms in total. The lowest BCUT2D eigenvalue weighted by molar-refractivity contribution is -0.113. The van der Waals surface area contributed by atoms with Crippen molar-refractivity contribution < 1.29 is 15.0 Å². The van der Waals surface area contributed by atoms with Crippen molar-refractivity contribution in [2.24, 2.45) is 0 Å². The second-order valence-corrected chi connectivity index (χ2v) is 6.16. The molecule has 0 bridgehead atoms. The molecule has 3 N–H and O–H groups in total. The third-order valence-electron chi connectivity index (χ3n) is 3.95. The number of hydrogen-bond donors (Lipinski definition) is 3. The Morgan fingerprint density at radius 3 is 2.44 bits per heavy atom. The molecule has 0 saturated carbocycles. The first-order chi connectivity index (χ1) is 12.8. The molecular formula is C22H24N2O3. The van der Waals surface area contributed by atoms with E-state index in [0.29, 0.717) is 22.6 Å². The fraction of sp³-hybridized carbons (Fsp3) is 0.136. The summed E-state index contributed by atoms with van der Waals surface area (Å²) in [6.45, 7) is 8.90. The molecule has 0 saturated heterocycles. The average Bonchev–Trinajstić information content (AvgIpc) is 2.65. The number of aliphatic hydroxyl groups excluding tert-OH is 2. The number of carbonyl (C=O) groups excluding carboxylic acids is 1. The molecule has 0 aliphatic rings. The Kier molecular flexibility index (Phi) is 6.57. The van der Waals surface area contributed by atoms with Gasteiger partial charge in [-0.1, -0.05) is 43.5 Å². The van der Waals surface area contributed by atoms with E-state index in [1.165, 1.54) is 17.1 Å². The van der Waals surface area contributed by atoms with E-state index in [9.17, 15) is 15.0 Å². The molecule has 1 amide bonds. The number of nitrogens with one attached hydrogen (secondary N) is 1. The topological polar surface area (TPSA) is 72.8 Å². The summed E-state index contributed by atoms with van der Waals surface area (Å²) in [6, 6.07) is 14.5. The van der Waals surface area contributed by atoms with Gasteiger partial charge in [0.15, 0.2) is 0 Å². The zero-order chi connectivity index (χ0) is 20.0. The molecule has 0 spiro atoms. The molecule has 1 atom stereocenters. The first-order valence-electron chi connectivity index (χ1n) is 8.43. The molecule has 2 aromatic rings. The van der Waals surface area contributed by atoms with Gasteiger partial charge in [0.25, 0.3) is 0 Å². The van der Waals surface area contributed by atoms with Gasteiger partial charge in [-0.05, 0) is 48.4 Å². The highest BCUT2D eigenvalue weighted by Gasteiger charge is 2.15. The maximum absolute atomic E-state index is 12.0. The predicted octanol–water partition coefficient (Wildman–Crippen LogP) is 4.30. The average molecular weight is 364 g/mol. The second kappa shape index (κ2) is 8.87. The summed E-state index contributed by atoms with van der Waals surface area (Å²) < 4.78 is 0. The van der Waals surface area contributed by atoms with Gasteiger partial charge in [-0.2, -0.15) is 0 Å². The molecule has 0 radical (unpaired) electrons. The number of carbonyl (C=O) groups is 1. The van der Waals surface area contributed by atoms with Crippen molar-refractivity contribution in [2.75, 3.05) is 17.3 Å². The molecule has 0 aliphatic carbocycles. The van der Waals surface area contributed by atoms with E-state index in [0.717, 1.165) is 5.56 Å². The zero-order valence-electron chi connectivity index (χ0n) is 15.5. The van der Waals surface area contributed by atoms with Crippen molar-refractivity contribution in [3.63, 3.8) is 0 Å². The van der Waals surface area contributed by atoms with Crippen LogP contribution in [-0.4, -0.2) is 23.2 Å². The number of amides is 1. The summed E-state index contributed by atoms with van der Waals surface area (Å²) in [5.41, 5.74) is 3.05. The van der Waals surface area contributed by atoms with E-state index in [2.05, 4.69) is 18.5 Å². The summed E-state index contributed by atoms with van der Waals surface area (Å²) >= 11 is 0. The summed E-state index contributed by atoms with van der Waals surface area (Å²) in [7, 11) is 1.63. The molecule has 0 aromatic heterocycles. The Hall–Kier alpha value is -3.31. The van der Waals surface area contributed by atoms with Crippen LogP contribution < -0.4 is 10.2 Å². The van der Waals surface area contributed by atoms with E-state index in [4.69, 9.17) is 0 Å². The van der Waals surface area contributed by atoms with Crippen LogP contribution in [-0.2, 0) is 4.79 Å². The van der Waals surface area contributed by atoms with Gasteiger partial charge in [0.1, 0.15) is 6.10 Å². The van der Waals surface area contributed by atoms with Crippen LogP contribution in [0.4, 0.5) is 11.4 Å². The lowest BCUT2D eigenvalue weighted by atomic mass is 10.00. The molecule has 27 heavy (non-hydrogen) atoms. The van der Waals surface area contributed by atoms with Crippen LogP contribution >= 0.6 is 0 Å². The molecule has 2 rings (SSSR count). The summed E-state index contributed by atoms with van der Waals surface area (Å²) in [5, 5.41) is 23.2. The molecule has 1 unspecified atom stereocenters. The minimum absolute atomic E-state index is 0.118. The van der Waals surface area contributed by atoms with E-state index in [1.54, 1.807) is 32.2 Å². The van der Waals surface area contributed by atoms with Crippen LogP contribution in [0.25, 0.3) is 0 Å². The van der Waals surface area contributed by atoms with Crippen LogP contribution in [0.15, 0.2) is 85.3 Å². The van der Waals surface area contributed by atoms with Crippen LogP contribution in [0.1, 0.15) is 24.2 Å². The van der Waals surface area contributed by atoms with Crippen molar-refractivity contribution in [2.45, 2.75) is 13.0 Å². The number of aliphatic hydroxyl groups is 2. The van der Waals surface area contributed by atoms with Crippen LogP contribution in [0.3, 0.4) is 0 Å². The monoisotopic (exact) mass is 364 g/mol. The molecular weight excluding hydrogens is 340 g/mol. The van der Waals surface area contributed by atoms with Crippen molar-refractivity contribution >= 4 is 17.3 Å². The summed E-state index contributed by atoms with van der Waals surface area (Å²) in [6.07, 6.45) is 1.85. The lowest BCUT2D eigenvalue weighted by Gasteiger charge is -2.21. The number of likely N-dealkylation sites (N-methyl/N-ethyl adjacent to an activating group) is 1. The second-order valence-electron chi connectivity index (χ2n) is 6.16. The fourth-order valence-electron chi connectivity index (χ4n) is 2.62. The molecule has 5 heteroatoms. The summed E-state index contributed by atoms with van der Waals surface area (Å²) in [5.74, 6) is -0.149. The van der Waals surface area contributed by atoms with Gasteiger partial charge in [-0.25, -0.2) is 0 Å². The van der Waals surface area contributed by atoms with Crippen molar-refractivity contribution in [1.29, 1.82) is 0 Å². The highest BCUT2D eigenvalue weighted by atomic mass is 16.3. The molecule has 0 fully saturated rings. The van der Waals surface area contributed by atoms with Gasteiger partial charge in [-0.15, -0.1) is 0 Å². The highest BCUT2D eigenvalue weighted by Crippen LogP contribution is 2.30. The maximum Gasteiger partial charge on any atom is 0.250 e. The van der Waals surface area contributed by atoms with Crippen molar-refractivity contribution in [3.8, 4) is 0 Å². The molecule has 0 aliphatic heterocycles. The van der Waals surface area contributed by atoms with Gasteiger partial charge in [0.05, 0.1) is 5.76 Å². The van der Waals surface area contributed by atoms with E-state index >= 15 is 0 Å². The standard InChI is InChI=1S/C22H24N2O3/c1-5-21(26)24(4)20-13-18(22(27)17-9-7-6-8-10-17)12-19(14-20)23-15(2)11-16(3)25/h5-14,22-23,25,27H,1-2H2,3-4H3/b16-11+. The van der Waals surface area contributed by atoms with Gasteiger partial charge in [0.2, 0.25) is 5.91 Å². The summed E-state index contributed by atoms with van der Waals surface area (Å²) in [4.78, 5) is 13.4. The first-order valence-corrected chi connectivity index (χ1v) is 8.43. The van der Waals surface area contributed by atoms with Crippen LogP contribution in [0.5, 0.6) is 0 Å². The minimum atomic E-state index is -0.859. The van der Waals surface area contributed by atoms with Crippen LogP contribution in [0.2, 0.25) is 0 Å². The zero-order valence-corrected chi connectivity index (χ0v) is 15.5. The molecule has 0 heterocycles. The Bertz CT molecular complexity index is 868. The third kappa shape index (κ3) is 5.33. The van der Waals surface area contributed by atoms with Gasteiger partial charge in [0, 0.05) is 24.1 Å². The number of anilines is 2.